The van der Waals surface area contributed by atoms with Gasteiger partial charge in [-0.05, 0) is 74.9 Å². The van der Waals surface area contributed by atoms with Crippen molar-refractivity contribution < 1.29 is 24.0 Å². The van der Waals surface area contributed by atoms with E-state index in [4.69, 9.17) is 9.47 Å². The Morgan fingerprint density at radius 1 is 1.02 bits per heavy atom. The summed E-state index contributed by atoms with van der Waals surface area (Å²) >= 11 is 0. The largest absolute Gasteiger partial charge is 0.460 e. The predicted octanol–water partition coefficient (Wildman–Crippen LogP) is 6.48. The van der Waals surface area contributed by atoms with Crippen molar-refractivity contribution in [3.8, 4) is 0 Å². The quantitative estimate of drug-likeness (QED) is 0.0797. The van der Waals surface area contributed by atoms with Crippen molar-refractivity contribution in [1.82, 2.24) is 10.3 Å². The van der Waals surface area contributed by atoms with E-state index in [0.717, 1.165) is 23.1 Å². The molecular weight excluding hydrogens is 584 g/mol. The Morgan fingerprint density at radius 2 is 1.74 bits per heavy atom. The molecule has 1 N–H and O–H groups in total. The fourth-order valence-corrected chi connectivity index (χ4v) is 5.21. The third kappa shape index (κ3) is 8.84. The van der Waals surface area contributed by atoms with Crippen LogP contribution in [-0.4, -0.2) is 47.3 Å². The van der Waals surface area contributed by atoms with E-state index in [1.165, 1.54) is 23.8 Å². The van der Waals surface area contributed by atoms with Gasteiger partial charge < -0.3 is 14.8 Å². The maximum Gasteiger partial charge on any atom is 0.337 e. The van der Waals surface area contributed by atoms with Gasteiger partial charge in [-0.15, -0.1) is 0 Å². The summed E-state index contributed by atoms with van der Waals surface area (Å²) in [6.07, 6.45) is 7.77. The van der Waals surface area contributed by atoms with Crippen LogP contribution in [0.2, 0.25) is 0 Å². The maximum absolute atomic E-state index is 13.5. The number of non-ortho nitro benzene ring substituents is 1. The number of hydrogen-bond acceptors (Lipinski definition) is 9. The van der Waals surface area contributed by atoms with Crippen molar-refractivity contribution in [2.24, 2.45) is 4.99 Å². The van der Waals surface area contributed by atoms with Crippen molar-refractivity contribution in [2.45, 2.75) is 53.1 Å². The first-order chi connectivity index (χ1) is 22.0. The van der Waals surface area contributed by atoms with Crippen molar-refractivity contribution in [3.05, 3.63) is 134 Å². The number of rotatable bonds is 12. The van der Waals surface area contributed by atoms with Gasteiger partial charge in [0.15, 0.2) is 0 Å². The summed E-state index contributed by atoms with van der Waals surface area (Å²) < 4.78 is 11.1. The predicted molar refractivity (Wildman–Crippen MR) is 177 cm³/mol. The summed E-state index contributed by atoms with van der Waals surface area (Å²) in [4.78, 5) is 46.3. The van der Waals surface area contributed by atoms with E-state index in [-0.39, 0.29) is 30.0 Å². The first-order valence-electron chi connectivity index (χ1n) is 15.0. The zero-order valence-electron chi connectivity index (χ0n) is 26.7. The highest BCUT2D eigenvalue weighted by molar-refractivity contribution is 6.00. The van der Waals surface area contributed by atoms with E-state index in [0.29, 0.717) is 17.0 Å². The number of carbonyl (C=O) groups excluding carboxylic acids is 2. The highest BCUT2D eigenvalue weighted by Crippen LogP contribution is 2.40. The Labute approximate surface area is 268 Å². The van der Waals surface area contributed by atoms with Gasteiger partial charge in [-0.25, -0.2) is 9.59 Å². The average molecular weight is 623 g/mol. The molecule has 46 heavy (non-hydrogen) atoms. The number of ether oxygens (including phenoxy) is 2. The number of nitrogens with one attached hydrogen (secondary N) is 1. The van der Waals surface area contributed by atoms with E-state index in [2.05, 4.69) is 45.6 Å². The molecule has 0 aliphatic carbocycles. The molecule has 1 aliphatic rings. The van der Waals surface area contributed by atoms with Crippen LogP contribution in [0.1, 0.15) is 62.8 Å². The molecule has 1 aliphatic heterocycles. The van der Waals surface area contributed by atoms with Gasteiger partial charge in [0.25, 0.3) is 5.69 Å². The van der Waals surface area contributed by atoms with Gasteiger partial charge in [-0.2, -0.15) is 0 Å². The molecule has 238 valence electrons. The van der Waals surface area contributed by atoms with Crippen LogP contribution in [0.3, 0.4) is 0 Å². The van der Waals surface area contributed by atoms with Gasteiger partial charge in [0.2, 0.25) is 0 Å². The minimum Gasteiger partial charge on any atom is -0.460 e. The van der Waals surface area contributed by atoms with Crippen LogP contribution in [0.4, 0.5) is 5.69 Å². The van der Waals surface area contributed by atoms with E-state index >= 15 is 0 Å². The Hall–Kier alpha value is -5.38. The number of nitro benzene ring substituents is 1. The molecule has 0 spiro atoms. The summed E-state index contributed by atoms with van der Waals surface area (Å²) in [6.45, 7) is 9.01. The molecule has 0 fully saturated rings. The number of aromatic nitrogens is 1. The fourth-order valence-electron chi connectivity index (χ4n) is 5.21. The fraction of sp³-hybridized carbons (Fsp3) is 0.278. The van der Waals surface area contributed by atoms with Crippen LogP contribution in [0.15, 0.2) is 106 Å². The third-order valence-electron chi connectivity index (χ3n) is 7.21. The van der Waals surface area contributed by atoms with Crippen LogP contribution in [0, 0.1) is 10.1 Å². The van der Waals surface area contributed by atoms with Crippen molar-refractivity contribution in [2.75, 3.05) is 13.2 Å². The number of nitrogens with zero attached hydrogens (tertiary/aromatic N) is 3. The number of allylic oxidation sites excluding steroid dienone is 3. The molecule has 1 unspecified atom stereocenters. The number of aliphatic imine (C=N–C) groups is 1. The number of benzene rings is 2. The number of hydrogen-bond donors (Lipinski definition) is 1. The van der Waals surface area contributed by atoms with Gasteiger partial charge in [0.1, 0.15) is 6.61 Å². The molecule has 0 saturated heterocycles. The first kappa shape index (κ1) is 33.5. The van der Waals surface area contributed by atoms with Gasteiger partial charge >= 0.3 is 11.9 Å². The molecule has 2 heterocycles. The summed E-state index contributed by atoms with van der Waals surface area (Å²) in [5.41, 5.74) is 5.90. The molecule has 2 aromatic carbocycles. The first-order valence-corrected chi connectivity index (χ1v) is 15.0. The van der Waals surface area contributed by atoms with E-state index in [9.17, 15) is 19.7 Å². The number of esters is 2. The lowest BCUT2D eigenvalue weighted by molar-refractivity contribution is -0.384. The van der Waals surface area contributed by atoms with Crippen LogP contribution in [0.5, 0.6) is 0 Å². The molecule has 10 heteroatoms. The lowest BCUT2D eigenvalue weighted by Crippen LogP contribution is -2.33. The summed E-state index contributed by atoms with van der Waals surface area (Å²) in [5, 5.41) is 14.6. The summed E-state index contributed by atoms with van der Waals surface area (Å²) in [7, 11) is 0. The Kier molecular flexibility index (Phi) is 11.3. The Balaban J connectivity index is 1.43. The van der Waals surface area contributed by atoms with Crippen molar-refractivity contribution in [1.29, 1.82) is 0 Å². The van der Waals surface area contributed by atoms with E-state index in [1.54, 1.807) is 46.2 Å². The minimum absolute atomic E-state index is 0.00143. The van der Waals surface area contributed by atoms with E-state index < -0.39 is 28.9 Å². The Bertz CT molecular complexity index is 1710. The molecule has 0 radical (unpaired) electrons. The highest BCUT2D eigenvalue weighted by atomic mass is 16.6. The van der Waals surface area contributed by atoms with Gasteiger partial charge in [-0.3, -0.25) is 20.1 Å². The van der Waals surface area contributed by atoms with Crippen LogP contribution < -0.4 is 5.32 Å². The van der Waals surface area contributed by atoms with Crippen LogP contribution in [-0.2, 0) is 25.5 Å². The SMILES string of the molecule is CC(C=NCCOC(=O)C1=C(C)NC(C)=C(C(=O)OC(C)C)C1c1cccc([N+](=O)[O-])c1)=Cc1ccc(Cc2cccnc2)cc1. The van der Waals surface area contributed by atoms with Crippen molar-refractivity contribution >= 4 is 29.9 Å². The third-order valence-corrected chi connectivity index (χ3v) is 7.21. The highest BCUT2D eigenvalue weighted by Gasteiger charge is 2.38. The van der Waals surface area contributed by atoms with E-state index in [1.807, 2.05) is 25.3 Å². The molecule has 3 aromatic rings. The number of carbonyl (C=O) groups is 2. The smallest absolute Gasteiger partial charge is 0.337 e. The zero-order valence-corrected chi connectivity index (χ0v) is 26.7. The number of dihydropyridines is 1. The van der Waals surface area contributed by atoms with Crippen LogP contribution >= 0.6 is 0 Å². The Morgan fingerprint density at radius 3 is 2.39 bits per heavy atom. The molecule has 1 atom stereocenters. The minimum atomic E-state index is -0.927. The standard InChI is InChI=1S/C36H38N4O6/c1-23(2)46-36(42)33-26(5)39-25(4)32(34(33)30-9-6-10-31(20-30)40(43)44)35(41)45-17-16-38-21-24(3)18-27-11-13-28(14-12-27)19-29-8-7-15-37-22-29/h6-15,18,20-23,34,39H,16-17,19H2,1-5H3. The van der Waals surface area contributed by atoms with Crippen LogP contribution in [0.25, 0.3) is 6.08 Å². The van der Waals surface area contributed by atoms with Gasteiger partial charge in [0, 0.05) is 42.1 Å². The second-order valence-corrected chi connectivity index (χ2v) is 11.3. The molecule has 0 bridgehead atoms. The molecular formula is C36H38N4O6. The van der Waals surface area contributed by atoms with Gasteiger partial charge in [-0.1, -0.05) is 48.5 Å². The zero-order chi connectivity index (χ0) is 33.2. The normalized spacial score (nSPS) is 15.3. The number of pyridine rings is 1. The lowest BCUT2D eigenvalue weighted by Gasteiger charge is -2.30. The molecule has 1 aromatic heterocycles. The maximum atomic E-state index is 13.5. The lowest BCUT2D eigenvalue weighted by atomic mass is 9.80. The monoisotopic (exact) mass is 622 g/mol. The second-order valence-electron chi connectivity index (χ2n) is 11.3. The topological polar surface area (TPSA) is 133 Å². The number of nitro groups is 1. The molecule has 0 saturated carbocycles. The summed E-state index contributed by atoms with van der Waals surface area (Å²) in [6, 6.07) is 18.2. The van der Waals surface area contributed by atoms with Crippen molar-refractivity contribution in [3.63, 3.8) is 0 Å². The second kappa shape index (κ2) is 15.6. The average Bonchev–Trinajstić information content (AvgIpc) is 3.01. The molecule has 4 rings (SSSR count). The summed E-state index contributed by atoms with van der Waals surface area (Å²) in [5.74, 6) is -2.20. The molecule has 10 nitrogen and oxygen atoms in total. The van der Waals surface area contributed by atoms with Gasteiger partial charge in [0.05, 0.1) is 34.6 Å². The molecule has 0 amide bonds.